The zero-order chi connectivity index (χ0) is 26.3. The van der Waals surface area contributed by atoms with Crippen LogP contribution in [-0.2, 0) is 23.0 Å². The van der Waals surface area contributed by atoms with Crippen molar-refractivity contribution in [2.24, 2.45) is 0 Å². The second-order valence-electron chi connectivity index (χ2n) is 8.76. The van der Waals surface area contributed by atoms with Crippen molar-refractivity contribution in [2.45, 2.75) is 33.2 Å². The lowest BCUT2D eigenvalue weighted by molar-refractivity contribution is 0.0953. The molecule has 0 atom stereocenters. The Bertz CT molecular complexity index is 1280. The predicted octanol–water partition coefficient (Wildman–Crippen LogP) is 4.65. The monoisotopic (exact) mass is 510 g/mol. The molecule has 0 bridgehead atoms. The van der Waals surface area contributed by atoms with Crippen LogP contribution in [0.1, 0.15) is 39.0 Å². The minimum atomic E-state index is -3.49. The summed E-state index contributed by atoms with van der Waals surface area (Å²) in [4.78, 5) is 12.6. The van der Waals surface area contributed by atoms with Crippen LogP contribution in [0.4, 0.5) is 5.69 Å². The smallest absolute Gasteiger partial charge is 0.251 e. The van der Waals surface area contributed by atoms with Gasteiger partial charge in [-0.1, -0.05) is 36.4 Å². The molecule has 0 saturated carbocycles. The molecule has 0 unspecified atom stereocenters. The average Bonchev–Trinajstić information content (AvgIpc) is 2.85. The van der Waals surface area contributed by atoms with Crippen molar-refractivity contribution >= 4 is 21.6 Å². The van der Waals surface area contributed by atoms with Gasteiger partial charge in [0, 0.05) is 12.1 Å². The maximum atomic E-state index is 12.6. The van der Waals surface area contributed by atoms with Crippen molar-refractivity contribution in [3.8, 4) is 11.5 Å². The molecule has 3 aromatic rings. The molecule has 3 rings (SSSR count). The largest absolute Gasteiger partial charge is 0.493 e. The Morgan fingerprint density at radius 3 is 2.08 bits per heavy atom. The number of nitrogens with zero attached hydrogens (tertiary/aromatic N) is 1. The number of benzene rings is 3. The van der Waals surface area contributed by atoms with Gasteiger partial charge in [0.25, 0.3) is 5.91 Å². The van der Waals surface area contributed by atoms with Crippen molar-refractivity contribution in [1.29, 1.82) is 0 Å². The molecule has 0 radical (unpaired) electrons. The van der Waals surface area contributed by atoms with E-state index in [0.717, 1.165) is 35.1 Å². The number of para-hydroxylation sites is 1. The van der Waals surface area contributed by atoms with Crippen LogP contribution in [0.5, 0.6) is 11.5 Å². The first-order valence-electron chi connectivity index (χ1n) is 11.8. The second kappa shape index (κ2) is 11.9. The molecule has 7 nitrogen and oxygen atoms in total. The van der Waals surface area contributed by atoms with Crippen LogP contribution in [0.15, 0.2) is 60.7 Å². The highest BCUT2D eigenvalue weighted by molar-refractivity contribution is 7.92. The third-order valence-electron chi connectivity index (χ3n) is 6.01. The Morgan fingerprint density at radius 2 is 1.50 bits per heavy atom. The molecule has 0 aliphatic carbocycles. The van der Waals surface area contributed by atoms with Gasteiger partial charge in [-0.15, -0.1) is 0 Å². The number of carbonyl (C=O) groups is 1. The molecular formula is C28H34N2O5S. The summed E-state index contributed by atoms with van der Waals surface area (Å²) < 4.78 is 37.2. The highest BCUT2D eigenvalue weighted by Crippen LogP contribution is 2.29. The number of sulfonamides is 1. The molecule has 0 saturated heterocycles. The summed E-state index contributed by atoms with van der Waals surface area (Å²) in [7, 11) is -0.284. The Morgan fingerprint density at radius 1 is 0.889 bits per heavy atom. The third kappa shape index (κ3) is 6.79. The first-order valence-corrected chi connectivity index (χ1v) is 13.6. The molecule has 0 aromatic heterocycles. The highest BCUT2D eigenvalue weighted by atomic mass is 32.2. The summed E-state index contributed by atoms with van der Waals surface area (Å²) in [5.41, 5.74) is 4.91. The number of amides is 1. The van der Waals surface area contributed by atoms with E-state index < -0.39 is 10.0 Å². The van der Waals surface area contributed by atoms with Crippen LogP contribution in [0.25, 0.3) is 0 Å². The van der Waals surface area contributed by atoms with Gasteiger partial charge in [0.15, 0.2) is 11.5 Å². The van der Waals surface area contributed by atoms with Crippen LogP contribution < -0.4 is 19.1 Å². The average molecular weight is 511 g/mol. The number of aryl methyl sites for hydroxylation is 3. The van der Waals surface area contributed by atoms with Gasteiger partial charge in [-0.2, -0.15) is 0 Å². The predicted molar refractivity (Wildman–Crippen MR) is 144 cm³/mol. The van der Waals surface area contributed by atoms with E-state index in [1.807, 2.05) is 50.2 Å². The maximum absolute atomic E-state index is 12.6. The van der Waals surface area contributed by atoms with E-state index >= 15 is 0 Å². The summed E-state index contributed by atoms with van der Waals surface area (Å²) in [6.45, 7) is 4.53. The Kier molecular flexibility index (Phi) is 8.98. The molecule has 36 heavy (non-hydrogen) atoms. The summed E-state index contributed by atoms with van der Waals surface area (Å²) in [6.07, 6.45) is 2.78. The molecule has 3 aromatic carbocycles. The van der Waals surface area contributed by atoms with Crippen LogP contribution in [0.3, 0.4) is 0 Å². The Labute approximate surface area is 214 Å². The molecule has 8 heteroatoms. The van der Waals surface area contributed by atoms with Gasteiger partial charge in [-0.25, -0.2) is 8.42 Å². The Hall–Kier alpha value is -3.52. The van der Waals surface area contributed by atoms with Gasteiger partial charge in [-0.3, -0.25) is 9.10 Å². The minimum absolute atomic E-state index is 0.163. The molecule has 0 fully saturated rings. The lowest BCUT2D eigenvalue weighted by Crippen LogP contribution is -2.30. The molecule has 0 aliphatic rings. The van der Waals surface area contributed by atoms with Crippen LogP contribution in [-0.4, -0.2) is 41.3 Å². The zero-order valence-corrected chi connectivity index (χ0v) is 22.3. The molecule has 0 spiro atoms. The summed E-state index contributed by atoms with van der Waals surface area (Å²) in [6, 6.07) is 18.6. The van der Waals surface area contributed by atoms with Crippen LogP contribution >= 0.6 is 0 Å². The van der Waals surface area contributed by atoms with Crippen LogP contribution in [0, 0.1) is 13.8 Å². The van der Waals surface area contributed by atoms with Crippen molar-refractivity contribution in [2.75, 3.05) is 31.3 Å². The normalized spacial score (nSPS) is 11.1. The SMILES string of the molecule is COc1ccc(CCCNC(=O)c2ccc(CN(c3c(C)cccc3C)S(C)(=O)=O)cc2)cc1OC. The van der Waals surface area contributed by atoms with Gasteiger partial charge in [-0.05, 0) is 73.2 Å². The fourth-order valence-electron chi connectivity index (χ4n) is 4.12. The minimum Gasteiger partial charge on any atom is -0.493 e. The van der Waals surface area contributed by atoms with E-state index in [-0.39, 0.29) is 12.5 Å². The van der Waals surface area contributed by atoms with Gasteiger partial charge in [0.05, 0.1) is 32.7 Å². The van der Waals surface area contributed by atoms with Gasteiger partial charge in [0.2, 0.25) is 10.0 Å². The maximum Gasteiger partial charge on any atom is 0.251 e. The molecule has 192 valence electrons. The summed E-state index contributed by atoms with van der Waals surface area (Å²) >= 11 is 0. The number of nitrogens with one attached hydrogen (secondary N) is 1. The van der Waals surface area contributed by atoms with E-state index in [1.54, 1.807) is 38.5 Å². The standard InChI is InChI=1S/C28H34N2O5S/c1-20-8-6-9-21(2)27(20)30(36(5,32)33)19-23-11-14-24(15-12-23)28(31)29-17-7-10-22-13-16-25(34-3)26(18-22)35-4/h6,8-9,11-16,18H,7,10,17,19H2,1-5H3,(H,29,31). The fourth-order valence-corrected chi connectivity index (χ4v) is 5.12. The zero-order valence-electron chi connectivity index (χ0n) is 21.5. The molecular weight excluding hydrogens is 476 g/mol. The summed E-state index contributed by atoms with van der Waals surface area (Å²) in [5.74, 6) is 1.21. The molecule has 0 heterocycles. The van der Waals surface area contributed by atoms with E-state index in [1.165, 1.54) is 10.6 Å². The van der Waals surface area contributed by atoms with Crippen LogP contribution in [0.2, 0.25) is 0 Å². The number of rotatable bonds is 11. The van der Waals surface area contributed by atoms with E-state index in [4.69, 9.17) is 9.47 Å². The van der Waals surface area contributed by atoms with E-state index in [0.29, 0.717) is 29.3 Å². The summed E-state index contributed by atoms with van der Waals surface area (Å²) in [5, 5.41) is 2.94. The lowest BCUT2D eigenvalue weighted by atomic mass is 10.1. The van der Waals surface area contributed by atoms with Gasteiger partial charge in [0.1, 0.15) is 0 Å². The van der Waals surface area contributed by atoms with Gasteiger partial charge < -0.3 is 14.8 Å². The number of hydrogen-bond acceptors (Lipinski definition) is 5. The highest BCUT2D eigenvalue weighted by Gasteiger charge is 2.21. The number of anilines is 1. The number of methoxy groups -OCH3 is 2. The quantitative estimate of drug-likeness (QED) is 0.380. The fraction of sp³-hybridized carbons (Fsp3) is 0.321. The van der Waals surface area contributed by atoms with Crippen molar-refractivity contribution in [3.05, 3.63) is 88.5 Å². The number of hydrogen-bond donors (Lipinski definition) is 1. The van der Waals surface area contributed by atoms with Crippen molar-refractivity contribution in [1.82, 2.24) is 5.32 Å². The number of carbonyl (C=O) groups excluding carboxylic acids is 1. The lowest BCUT2D eigenvalue weighted by Gasteiger charge is -2.26. The molecule has 1 amide bonds. The van der Waals surface area contributed by atoms with E-state index in [9.17, 15) is 13.2 Å². The number of ether oxygens (including phenoxy) is 2. The van der Waals surface area contributed by atoms with Crippen molar-refractivity contribution in [3.63, 3.8) is 0 Å². The third-order valence-corrected chi connectivity index (χ3v) is 7.12. The van der Waals surface area contributed by atoms with Gasteiger partial charge >= 0.3 is 0 Å². The first kappa shape index (κ1) is 27.1. The topological polar surface area (TPSA) is 84.9 Å². The molecule has 0 aliphatic heterocycles. The van der Waals surface area contributed by atoms with E-state index in [2.05, 4.69) is 5.32 Å². The Balaban J connectivity index is 1.59. The second-order valence-corrected chi connectivity index (χ2v) is 10.7. The van der Waals surface area contributed by atoms with Crippen molar-refractivity contribution < 1.29 is 22.7 Å². The molecule has 1 N–H and O–H groups in total. The first-order chi connectivity index (χ1) is 17.1.